The zero-order valence-electron chi connectivity index (χ0n) is 10.4. The minimum Gasteiger partial charge on any atom is -0.493 e. The lowest BCUT2D eigenvalue weighted by Gasteiger charge is -2.09. The second-order valence-electron chi connectivity index (χ2n) is 3.96. The average molecular weight is 279 g/mol. The van der Waals surface area contributed by atoms with E-state index in [0.29, 0.717) is 11.6 Å². The smallest absolute Gasteiger partial charge is 0.128 e. The highest BCUT2D eigenvalue weighted by Gasteiger charge is 2.02. The van der Waals surface area contributed by atoms with Crippen molar-refractivity contribution in [2.45, 2.75) is 13.0 Å². The molecule has 0 saturated heterocycles. The van der Waals surface area contributed by atoms with Gasteiger partial charge in [0, 0.05) is 29.5 Å². The minimum atomic E-state index is 0.602. The molecular formula is C13H15ClN4O. The first-order valence-electron chi connectivity index (χ1n) is 5.91. The van der Waals surface area contributed by atoms with E-state index < -0.39 is 0 Å². The second-order valence-corrected chi connectivity index (χ2v) is 4.40. The first kappa shape index (κ1) is 13.4. The van der Waals surface area contributed by atoms with Gasteiger partial charge in [-0.2, -0.15) is 5.10 Å². The van der Waals surface area contributed by atoms with E-state index in [1.165, 1.54) is 6.21 Å². The van der Waals surface area contributed by atoms with Crippen molar-refractivity contribution in [3.05, 3.63) is 47.5 Å². The van der Waals surface area contributed by atoms with Gasteiger partial charge in [0.15, 0.2) is 0 Å². The van der Waals surface area contributed by atoms with E-state index in [0.717, 1.165) is 24.3 Å². The quantitative estimate of drug-likeness (QED) is 0.382. The van der Waals surface area contributed by atoms with Crippen LogP contribution in [0.15, 0.2) is 42.0 Å². The number of halogens is 1. The zero-order chi connectivity index (χ0) is 13.5. The predicted octanol–water partition coefficient (Wildman–Crippen LogP) is 2.30. The van der Waals surface area contributed by atoms with Gasteiger partial charge in [-0.05, 0) is 24.6 Å². The van der Waals surface area contributed by atoms with Gasteiger partial charge in [-0.3, -0.25) is 0 Å². The predicted molar refractivity (Wildman–Crippen MR) is 75.6 cm³/mol. The monoisotopic (exact) mass is 278 g/mol. The van der Waals surface area contributed by atoms with Gasteiger partial charge >= 0.3 is 0 Å². The Labute approximate surface area is 116 Å². The Morgan fingerprint density at radius 2 is 2.37 bits per heavy atom. The van der Waals surface area contributed by atoms with Gasteiger partial charge < -0.3 is 15.1 Å². The van der Waals surface area contributed by atoms with Crippen molar-refractivity contribution in [1.82, 2.24) is 9.55 Å². The van der Waals surface area contributed by atoms with Gasteiger partial charge in [-0.25, -0.2) is 4.98 Å². The topological polar surface area (TPSA) is 65.4 Å². The largest absolute Gasteiger partial charge is 0.493 e. The summed E-state index contributed by atoms with van der Waals surface area (Å²) in [6.45, 7) is 1.47. The first-order valence-corrected chi connectivity index (χ1v) is 6.29. The maximum Gasteiger partial charge on any atom is 0.128 e. The maximum absolute atomic E-state index is 5.91. The molecule has 0 radical (unpaired) electrons. The summed E-state index contributed by atoms with van der Waals surface area (Å²) >= 11 is 5.91. The molecular weight excluding hydrogens is 264 g/mol. The standard InChI is InChI=1S/C13H15ClN4O/c14-12-2-3-13(11(8-12)9-17-15)19-7-1-5-18-6-4-16-10-18/h2-4,6,8-10H,1,5,7,15H2. The third kappa shape index (κ3) is 3.99. The Balaban J connectivity index is 1.88. The summed E-state index contributed by atoms with van der Waals surface area (Å²) in [5.41, 5.74) is 0.776. The van der Waals surface area contributed by atoms with Crippen LogP contribution in [0.4, 0.5) is 0 Å². The summed E-state index contributed by atoms with van der Waals surface area (Å²) < 4.78 is 7.71. The summed E-state index contributed by atoms with van der Waals surface area (Å²) in [4.78, 5) is 3.98. The van der Waals surface area contributed by atoms with Crippen LogP contribution >= 0.6 is 11.6 Å². The SMILES string of the molecule is NN=Cc1cc(Cl)ccc1OCCCn1ccnc1. The second kappa shape index (κ2) is 6.80. The van der Waals surface area contributed by atoms with E-state index in [4.69, 9.17) is 22.2 Å². The van der Waals surface area contributed by atoms with Gasteiger partial charge in [-0.1, -0.05) is 11.6 Å². The van der Waals surface area contributed by atoms with Crippen molar-refractivity contribution in [2.24, 2.45) is 10.9 Å². The van der Waals surface area contributed by atoms with Crippen molar-refractivity contribution < 1.29 is 4.74 Å². The number of hydrogen-bond acceptors (Lipinski definition) is 4. The van der Waals surface area contributed by atoms with Crippen LogP contribution in [0.5, 0.6) is 5.75 Å². The summed E-state index contributed by atoms with van der Waals surface area (Å²) in [5, 5.41) is 4.13. The Hall–Kier alpha value is -2.01. The molecule has 1 aromatic carbocycles. The highest BCUT2D eigenvalue weighted by molar-refractivity contribution is 6.30. The van der Waals surface area contributed by atoms with Crippen LogP contribution in [0, 0.1) is 0 Å². The van der Waals surface area contributed by atoms with Crippen molar-refractivity contribution in [2.75, 3.05) is 6.61 Å². The number of nitrogens with zero attached hydrogens (tertiary/aromatic N) is 3. The van der Waals surface area contributed by atoms with Crippen LogP contribution in [-0.4, -0.2) is 22.4 Å². The lowest BCUT2D eigenvalue weighted by molar-refractivity contribution is 0.301. The van der Waals surface area contributed by atoms with Gasteiger partial charge in [0.25, 0.3) is 0 Å². The fourth-order valence-corrected chi connectivity index (χ4v) is 1.86. The van der Waals surface area contributed by atoms with Gasteiger partial charge in [0.1, 0.15) is 5.75 Å². The molecule has 2 rings (SSSR count). The molecule has 100 valence electrons. The summed E-state index contributed by atoms with van der Waals surface area (Å²) in [6.07, 6.45) is 7.88. The molecule has 19 heavy (non-hydrogen) atoms. The van der Waals surface area contributed by atoms with Gasteiger partial charge in [-0.15, -0.1) is 0 Å². The highest BCUT2D eigenvalue weighted by Crippen LogP contribution is 2.21. The van der Waals surface area contributed by atoms with Crippen LogP contribution in [0.1, 0.15) is 12.0 Å². The molecule has 0 aliphatic heterocycles. The van der Waals surface area contributed by atoms with E-state index in [9.17, 15) is 0 Å². The van der Waals surface area contributed by atoms with Crippen LogP contribution in [0.25, 0.3) is 0 Å². The molecule has 6 heteroatoms. The third-order valence-corrected chi connectivity index (χ3v) is 2.80. The van der Waals surface area contributed by atoms with Crippen molar-refractivity contribution in [3.8, 4) is 5.75 Å². The Bertz CT molecular complexity index is 540. The molecule has 0 aliphatic rings. The molecule has 2 N–H and O–H groups in total. The Morgan fingerprint density at radius 3 is 3.11 bits per heavy atom. The number of benzene rings is 1. The third-order valence-electron chi connectivity index (χ3n) is 2.56. The van der Waals surface area contributed by atoms with Crippen LogP contribution < -0.4 is 10.6 Å². The zero-order valence-corrected chi connectivity index (χ0v) is 11.1. The molecule has 0 saturated carbocycles. The molecule has 0 spiro atoms. The number of aromatic nitrogens is 2. The molecule has 0 fully saturated rings. The molecule has 5 nitrogen and oxygen atoms in total. The van der Waals surface area contributed by atoms with Crippen molar-refractivity contribution in [1.29, 1.82) is 0 Å². The molecule has 0 amide bonds. The summed E-state index contributed by atoms with van der Waals surface area (Å²) in [6, 6.07) is 5.36. The van der Waals surface area contributed by atoms with Crippen LogP contribution in [0.3, 0.4) is 0 Å². The maximum atomic E-state index is 5.91. The van der Waals surface area contributed by atoms with Crippen molar-refractivity contribution in [3.63, 3.8) is 0 Å². The van der Waals surface area contributed by atoms with E-state index in [-0.39, 0.29) is 0 Å². The van der Waals surface area contributed by atoms with Crippen LogP contribution in [-0.2, 0) is 6.54 Å². The molecule has 1 heterocycles. The summed E-state index contributed by atoms with van der Waals surface area (Å²) in [7, 11) is 0. The number of nitrogens with two attached hydrogens (primary N) is 1. The number of imidazole rings is 1. The van der Waals surface area contributed by atoms with E-state index in [1.807, 2.05) is 16.8 Å². The fourth-order valence-electron chi connectivity index (χ4n) is 1.68. The molecule has 0 unspecified atom stereocenters. The normalized spacial score (nSPS) is 11.0. The number of ether oxygens (including phenoxy) is 1. The fraction of sp³-hybridized carbons (Fsp3) is 0.231. The number of aryl methyl sites for hydroxylation is 1. The van der Waals surface area contributed by atoms with E-state index >= 15 is 0 Å². The average Bonchev–Trinajstić information content (AvgIpc) is 2.90. The minimum absolute atomic E-state index is 0.602. The molecule has 0 aliphatic carbocycles. The summed E-state index contributed by atoms with van der Waals surface area (Å²) in [5.74, 6) is 5.89. The van der Waals surface area contributed by atoms with Gasteiger partial charge in [0.2, 0.25) is 0 Å². The molecule has 0 atom stereocenters. The lowest BCUT2D eigenvalue weighted by atomic mass is 10.2. The van der Waals surface area contributed by atoms with E-state index in [2.05, 4.69) is 10.1 Å². The molecule has 2 aromatic rings. The lowest BCUT2D eigenvalue weighted by Crippen LogP contribution is -2.04. The molecule has 0 bridgehead atoms. The number of rotatable bonds is 6. The van der Waals surface area contributed by atoms with E-state index in [1.54, 1.807) is 24.7 Å². The van der Waals surface area contributed by atoms with Crippen LogP contribution in [0.2, 0.25) is 5.02 Å². The Kier molecular flexibility index (Phi) is 4.80. The Morgan fingerprint density at radius 1 is 1.47 bits per heavy atom. The number of hydrazone groups is 1. The number of hydrogen-bond donors (Lipinski definition) is 1. The first-order chi connectivity index (χ1) is 9.29. The highest BCUT2D eigenvalue weighted by atomic mass is 35.5. The van der Waals surface area contributed by atoms with Crippen molar-refractivity contribution >= 4 is 17.8 Å². The molecule has 1 aromatic heterocycles. The van der Waals surface area contributed by atoms with Gasteiger partial charge in [0.05, 0.1) is 19.1 Å².